The van der Waals surface area contributed by atoms with Gasteiger partial charge in [0.05, 0.1) is 5.56 Å². The van der Waals surface area contributed by atoms with E-state index in [9.17, 15) is 9.90 Å². The summed E-state index contributed by atoms with van der Waals surface area (Å²) in [5, 5.41) is 17.0. The molecule has 3 N–H and O–H groups in total. The average molecular weight is 429 g/mol. The molecule has 1 aromatic rings. The largest absolute Gasteiger partial charge is 0.490 e. The molecule has 4 fully saturated rings. The Hall–Kier alpha value is -1.59. The van der Waals surface area contributed by atoms with Gasteiger partial charge in [0.1, 0.15) is 18.5 Å². The average Bonchev–Trinajstić information content (AvgIpc) is 2.71. The number of rotatable bonds is 11. The van der Waals surface area contributed by atoms with E-state index in [-0.39, 0.29) is 12.5 Å². The molecule has 4 bridgehead atoms. The Morgan fingerprint density at radius 2 is 1.77 bits per heavy atom. The van der Waals surface area contributed by atoms with Gasteiger partial charge in [0.15, 0.2) is 0 Å². The highest BCUT2D eigenvalue weighted by Crippen LogP contribution is 2.59. The molecule has 0 spiro atoms. The highest BCUT2D eigenvalue weighted by molar-refractivity contribution is 5.96. The molecule has 0 heterocycles. The van der Waals surface area contributed by atoms with Crippen LogP contribution in [-0.4, -0.2) is 43.4 Å². The van der Waals surface area contributed by atoms with Crippen LogP contribution in [0.15, 0.2) is 24.3 Å². The number of para-hydroxylation sites is 1. The third-order valence-corrected chi connectivity index (χ3v) is 7.62. The zero-order valence-corrected chi connectivity index (χ0v) is 19.2. The maximum absolute atomic E-state index is 12.5. The zero-order valence-electron chi connectivity index (χ0n) is 19.2. The Morgan fingerprint density at radius 3 is 2.42 bits per heavy atom. The molecule has 5 nitrogen and oxygen atoms in total. The van der Waals surface area contributed by atoms with Crippen molar-refractivity contribution in [2.45, 2.75) is 64.9 Å². The molecule has 0 aromatic heterocycles. The van der Waals surface area contributed by atoms with E-state index >= 15 is 0 Å². The minimum absolute atomic E-state index is 0.120. The first-order valence-corrected chi connectivity index (χ1v) is 12.3. The molecule has 1 atom stereocenters. The smallest absolute Gasteiger partial charge is 0.255 e. The van der Waals surface area contributed by atoms with Crippen molar-refractivity contribution in [2.75, 3.05) is 26.2 Å². The number of carbonyl (C=O) groups excluding carboxylic acids is 1. The standard InChI is InChI=1S/C26H40N2O3/c1-18(2)7-8-28-25(30)23-5-3-4-6-24(23)31-16-22(29)15-27-17-26-12-19-9-20(13-26)11-21(10-19)14-26/h3-6,18-22,27,29H,7-17H2,1-2H3,(H,28,30). The summed E-state index contributed by atoms with van der Waals surface area (Å²) in [7, 11) is 0. The summed E-state index contributed by atoms with van der Waals surface area (Å²) in [5.41, 5.74) is 0.996. The van der Waals surface area contributed by atoms with Gasteiger partial charge < -0.3 is 20.5 Å². The number of ether oxygens (including phenoxy) is 1. The van der Waals surface area contributed by atoms with Crippen LogP contribution in [-0.2, 0) is 0 Å². The molecule has 172 valence electrons. The molecular formula is C26H40N2O3. The number of aliphatic hydroxyl groups excluding tert-OH is 1. The van der Waals surface area contributed by atoms with Gasteiger partial charge in [-0.3, -0.25) is 4.79 Å². The van der Waals surface area contributed by atoms with Crippen LogP contribution >= 0.6 is 0 Å². The molecule has 4 saturated carbocycles. The third kappa shape index (κ3) is 5.81. The Balaban J connectivity index is 1.21. The maximum Gasteiger partial charge on any atom is 0.255 e. The summed E-state index contributed by atoms with van der Waals surface area (Å²) in [6, 6.07) is 7.27. The lowest BCUT2D eigenvalue weighted by molar-refractivity contribution is -0.0524. The van der Waals surface area contributed by atoms with Crippen LogP contribution in [0.4, 0.5) is 0 Å². The zero-order chi connectivity index (χ0) is 21.8. The van der Waals surface area contributed by atoms with E-state index in [1.165, 1.54) is 38.5 Å². The van der Waals surface area contributed by atoms with Crippen molar-refractivity contribution in [1.29, 1.82) is 0 Å². The molecule has 1 unspecified atom stereocenters. The molecule has 1 aromatic carbocycles. The number of hydrogen-bond acceptors (Lipinski definition) is 4. The summed E-state index contributed by atoms with van der Waals surface area (Å²) >= 11 is 0. The van der Waals surface area contributed by atoms with E-state index in [0.29, 0.717) is 35.7 Å². The minimum Gasteiger partial charge on any atom is -0.490 e. The number of nitrogens with one attached hydrogen (secondary N) is 2. The summed E-state index contributed by atoms with van der Waals surface area (Å²) in [6.45, 7) is 6.67. The van der Waals surface area contributed by atoms with E-state index < -0.39 is 6.10 Å². The van der Waals surface area contributed by atoms with Crippen LogP contribution in [0.5, 0.6) is 5.75 Å². The van der Waals surface area contributed by atoms with Crippen molar-refractivity contribution in [1.82, 2.24) is 10.6 Å². The molecule has 1 amide bonds. The second kappa shape index (κ2) is 9.91. The van der Waals surface area contributed by atoms with Gasteiger partial charge in [-0.25, -0.2) is 0 Å². The lowest BCUT2D eigenvalue weighted by Crippen LogP contribution is -2.51. The molecule has 4 aliphatic rings. The number of benzene rings is 1. The van der Waals surface area contributed by atoms with Crippen molar-refractivity contribution in [3.05, 3.63) is 29.8 Å². The number of carbonyl (C=O) groups is 1. The number of amides is 1. The van der Waals surface area contributed by atoms with Crippen molar-refractivity contribution in [3.8, 4) is 5.75 Å². The SMILES string of the molecule is CC(C)CCNC(=O)c1ccccc1OCC(O)CNCC12CC3CC(CC(C3)C1)C2. The van der Waals surface area contributed by atoms with Gasteiger partial charge in [-0.1, -0.05) is 26.0 Å². The summed E-state index contributed by atoms with van der Waals surface area (Å²) < 4.78 is 5.84. The Kier molecular flexibility index (Phi) is 7.22. The van der Waals surface area contributed by atoms with Crippen LogP contribution in [0.2, 0.25) is 0 Å². The predicted octanol–water partition coefficient (Wildman–Crippen LogP) is 4.01. The normalized spacial score (nSPS) is 29.9. The third-order valence-electron chi connectivity index (χ3n) is 7.62. The van der Waals surface area contributed by atoms with E-state index in [1.807, 2.05) is 12.1 Å². The van der Waals surface area contributed by atoms with Crippen LogP contribution in [0.25, 0.3) is 0 Å². The summed E-state index contributed by atoms with van der Waals surface area (Å²) in [4.78, 5) is 12.5. The van der Waals surface area contributed by atoms with Gasteiger partial charge in [0, 0.05) is 19.6 Å². The molecule has 5 heteroatoms. The van der Waals surface area contributed by atoms with Crippen molar-refractivity contribution < 1.29 is 14.6 Å². The van der Waals surface area contributed by atoms with E-state index in [1.54, 1.807) is 12.1 Å². The molecule has 4 aliphatic carbocycles. The fourth-order valence-corrected chi connectivity index (χ4v) is 6.61. The summed E-state index contributed by atoms with van der Waals surface area (Å²) in [5.74, 6) is 3.81. The van der Waals surface area contributed by atoms with Crippen molar-refractivity contribution in [3.63, 3.8) is 0 Å². The van der Waals surface area contributed by atoms with Gasteiger partial charge in [0.25, 0.3) is 5.91 Å². The highest BCUT2D eigenvalue weighted by Gasteiger charge is 2.50. The number of aliphatic hydroxyl groups is 1. The minimum atomic E-state index is -0.592. The lowest BCUT2D eigenvalue weighted by Gasteiger charge is -2.57. The van der Waals surface area contributed by atoms with Gasteiger partial charge in [-0.05, 0) is 86.2 Å². The molecule has 0 aliphatic heterocycles. The molecule has 5 rings (SSSR count). The van der Waals surface area contributed by atoms with Gasteiger partial charge in [0.2, 0.25) is 0 Å². The molecule has 0 saturated heterocycles. The fourth-order valence-electron chi connectivity index (χ4n) is 6.61. The van der Waals surface area contributed by atoms with E-state index in [0.717, 1.165) is 30.7 Å². The Labute approximate surface area is 187 Å². The quantitative estimate of drug-likeness (QED) is 0.498. The summed E-state index contributed by atoms with van der Waals surface area (Å²) in [6.07, 6.45) is 8.85. The van der Waals surface area contributed by atoms with Crippen LogP contribution in [0, 0.1) is 29.1 Å². The molecule has 31 heavy (non-hydrogen) atoms. The monoisotopic (exact) mass is 428 g/mol. The lowest BCUT2D eigenvalue weighted by atomic mass is 9.49. The maximum atomic E-state index is 12.5. The topological polar surface area (TPSA) is 70.6 Å². The first-order valence-electron chi connectivity index (χ1n) is 12.3. The Bertz CT molecular complexity index is 713. The van der Waals surface area contributed by atoms with Gasteiger partial charge in [-0.15, -0.1) is 0 Å². The van der Waals surface area contributed by atoms with Gasteiger partial charge in [-0.2, -0.15) is 0 Å². The van der Waals surface area contributed by atoms with Gasteiger partial charge >= 0.3 is 0 Å². The number of hydrogen-bond donors (Lipinski definition) is 3. The predicted molar refractivity (Wildman–Crippen MR) is 123 cm³/mol. The first kappa shape index (κ1) is 22.6. The van der Waals surface area contributed by atoms with E-state index in [2.05, 4.69) is 24.5 Å². The van der Waals surface area contributed by atoms with Crippen LogP contribution in [0.1, 0.15) is 69.2 Å². The first-order chi connectivity index (χ1) is 14.9. The van der Waals surface area contributed by atoms with E-state index in [4.69, 9.17) is 4.74 Å². The fraction of sp³-hybridized carbons (Fsp3) is 0.731. The highest BCUT2D eigenvalue weighted by atomic mass is 16.5. The second-order valence-electron chi connectivity index (χ2n) is 10.9. The van der Waals surface area contributed by atoms with Crippen molar-refractivity contribution in [2.24, 2.45) is 29.1 Å². The van der Waals surface area contributed by atoms with Crippen molar-refractivity contribution >= 4 is 5.91 Å². The second-order valence-corrected chi connectivity index (χ2v) is 10.9. The van der Waals surface area contributed by atoms with Crippen LogP contribution in [0.3, 0.4) is 0 Å². The Morgan fingerprint density at radius 1 is 1.13 bits per heavy atom. The molecular weight excluding hydrogens is 388 g/mol. The van der Waals surface area contributed by atoms with Crippen LogP contribution < -0.4 is 15.4 Å². The molecule has 0 radical (unpaired) electrons.